The van der Waals surface area contributed by atoms with Gasteiger partial charge in [0.25, 0.3) is 10.0 Å². The van der Waals surface area contributed by atoms with E-state index in [4.69, 9.17) is 4.74 Å². The lowest BCUT2D eigenvalue weighted by atomic mass is 9.99. The van der Waals surface area contributed by atoms with Gasteiger partial charge in [-0.05, 0) is 79.7 Å². The van der Waals surface area contributed by atoms with Crippen LogP contribution in [0.5, 0.6) is 0 Å². The van der Waals surface area contributed by atoms with Gasteiger partial charge in [0.15, 0.2) is 5.03 Å². The van der Waals surface area contributed by atoms with Crippen LogP contribution in [0.2, 0.25) is 0 Å². The molecular formula is C21H26N4O4S. The van der Waals surface area contributed by atoms with Crippen molar-refractivity contribution in [3.63, 3.8) is 0 Å². The summed E-state index contributed by atoms with van der Waals surface area (Å²) in [5.74, 6) is 0. The van der Waals surface area contributed by atoms with Gasteiger partial charge < -0.3 is 10.1 Å². The first-order chi connectivity index (χ1) is 14.5. The third kappa shape index (κ3) is 3.72. The Bertz CT molecular complexity index is 1050. The number of sulfonamides is 1. The topological polar surface area (TPSA) is 102 Å². The maximum Gasteiger partial charge on any atom is 0.333 e. The Hall–Kier alpha value is -2.39. The van der Waals surface area contributed by atoms with E-state index in [-0.39, 0.29) is 11.1 Å². The molecule has 160 valence electrons. The highest BCUT2D eigenvalue weighted by Crippen LogP contribution is 2.38. The fourth-order valence-electron chi connectivity index (χ4n) is 4.87. The largest absolute Gasteiger partial charge is 0.376 e. The fourth-order valence-corrected chi connectivity index (χ4v) is 5.72. The zero-order chi connectivity index (χ0) is 20.7. The van der Waals surface area contributed by atoms with Crippen LogP contribution in [0, 0.1) is 0 Å². The minimum absolute atomic E-state index is 0.0546. The number of urea groups is 1. The number of hydrogen-bond donors (Lipinski definition) is 2. The molecule has 8 nitrogen and oxygen atoms in total. The van der Waals surface area contributed by atoms with Gasteiger partial charge in [-0.2, -0.15) is 13.5 Å². The molecule has 2 heterocycles. The van der Waals surface area contributed by atoms with Gasteiger partial charge in [0.05, 0.1) is 12.6 Å². The molecule has 1 aromatic carbocycles. The maximum absolute atomic E-state index is 12.7. The van der Waals surface area contributed by atoms with Crippen LogP contribution < -0.4 is 10.0 Å². The van der Waals surface area contributed by atoms with Gasteiger partial charge in [-0.3, -0.25) is 4.68 Å². The number of amides is 2. The first-order valence-electron chi connectivity index (χ1n) is 10.6. The van der Waals surface area contributed by atoms with Crippen molar-refractivity contribution >= 4 is 21.7 Å². The Labute approximate surface area is 176 Å². The molecule has 3 aliphatic rings. The summed E-state index contributed by atoms with van der Waals surface area (Å²) >= 11 is 0. The SMILES string of the molecule is O=C(Nc1c2c(cc3c1CCC3)CCC2)NS(=O)(=O)c1ccn(C[C@@H]2CCCO2)n1. The lowest BCUT2D eigenvalue weighted by Gasteiger charge is -2.16. The predicted molar refractivity (Wildman–Crippen MR) is 111 cm³/mol. The summed E-state index contributed by atoms with van der Waals surface area (Å²) in [5, 5.41) is 6.81. The number of carbonyl (C=O) groups excluding carboxylic acids is 1. The summed E-state index contributed by atoms with van der Waals surface area (Å²) in [6.07, 6.45) is 9.59. The second-order valence-corrected chi connectivity index (χ2v) is 9.93. The van der Waals surface area contributed by atoms with Gasteiger partial charge in [-0.15, -0.1) is 0 Å². The minimum Gasteiger partial charge on any atom is -0.376 e. The Balaban J connectivity index is 1.31. The molecule has 0 radical (unpaired) electrons. The minimum atomic E-state index is -4.06. The Kier molecular flexibility index (Phi) is 5.02. The summed E-state index contributed by atoms with van der Waals surface area (Å²) in [7, 11) is -4.06. The standard InChI is InChI=1S/C21H26N4O4S/c26-21(22-20-17-7-1-4-14(17)12-15-5-2-8-18(15)20)24-30(27,28)19-9-10-25(23-19)13-16-6-3-11-29-16/h9-10,12,16H,1-8,11,13H2,(H2,22,24,26)/t16-/m0/s1. The van der Waals surface area contributed by atoms with Gasteiger partial charge >= 0.3 is 6.03 Å². The molecule has 2 N–H and O–H groups in total. The van der Waals surface area contributed by atoms with E-state index in [1.807, 2.05) is 0 Å². The van der Waals surface area contributed by atoms with Crippen molar-refractivity contribution in [3.05, 3.63) is 40.6 Å². The zero-order valence-corrected chi connectivity index (χ0v) is 17.6. The average Bonchev–Trinajstić information content (AvgIpc) is 3.49. The summed E-state index contributed by atoms with van der Waals surface area (Å²) in [4.78, 5) is 12.6. The van der Waals surface area contributed by atoms with Gasteiger partial charge in [-0.1, -0.05) is 6.07 Å². The van der Waals surface area contributed by atoms with Crippen molar-refractivity contribution in [2.45, 2.75) is 69.0 Å². The number of aromatic nitrogens is 2. The van der Waals surface area contributed by atoms with Crippen LogP contribution in [0.1, 0.15) is 47.9 Å². The van der Waals surface area contributed by atoms with Crippen molar-refractivity contribution in [2.75, 3.05) is 11.9 Å². The second kappa shape index (κ2) is 7.70. The predicted octanol–water partition coefficient (Wildman–Crippen LogP) is 2.55. The molecule has 9 heteroatoms. The van der Waals surface area contributed by atoms with Crippen LogP contribution in [-0.4, -0.2) is 36.9 Å². The fraction of sp³-hybridized carbons (Fsp3) is 0.524. The molecule has 0 spiro atoms. The Morgan fingerprint density at radius 3 is 2.53 bits per heavy atom. The number of nitrogens with zero attached hydrogens (tertiary/aromatic N) is 2. The normalized spacial score (nSPS) is 20.2. The molecule has 1 saturated heterocycles. The van der Waals surface area contributed by atoms with E-state index >= 15 is 0 Å². The molecule has 1 aliphatic heterocycles. The van der Waals surface area contributed by atoms with Gasteiger partial charge in [-0.25, -0.2) is 9.52 Å². The van der Waals surface area contributed by atoms with Crippen LogP contribution in [-0.2, 0) is 47.0 Å². The molecule has 5 rings (SSSR count). The zero-order valence-electron chi connectivity index (χ0n) is 16.8. The first-order valence-corrected chi connectivity index (χ1v) is 12.1. The lowest BCUT2D eigenvalue weighted by Crippen LogP contribution is -2.35. The monoisotopic (exact) mass is 430 g/mol. The highest BCUT2D eigenvalue weighted by molar-refractivity contribution is 7.90. The quantitative estimate of drug-likeness (QED) is 0.759. The molecule has 1 aromatic heterocycles. The van der Waals surface area contributed by atoms with Crippen LogP contribution in [0.15, 0.2) is 23.4 Å². The third-order valence-corrected chi connectivity index (χ3v) is 7.47. The van der Waals surface area contributed by atoms with Crippen LogP contribution >= 0.6 is 0 Å². The molecular weight excluding hydrogens is 404 g/mol. The molecule has 0 unspecified atom stereocenters. The summed E-state index contributed by atoms with van der Waals surface area (Å²) in [5.41, 5.74) is 5.69. The van der Waals surface area contributed by atoms with E-state index in [1.54, 1.807) is 10.9 Å². The van der Waals surface area contributed by atoms with Crippen molar-refractivity contribution < 1.29 is 17.9 Å². The molecule has 1 fully saturated rings. The number of benzene rings is 1. The molecule has 2 aliphatic carbocycles. The Morgan fingerprint density at radius 1 is 1.13 bits per heavy atom. The van der Waals surface area contributed by atoms with E-state index in [0.717, 1.165) is 74.8 Å². The molecule has 0 bridgehead atoms. The van der Waals surface area contributed by atoms with Crippen LogP contribution in [0.3, 0.4) is 0 Å². The first kappa shape index (κ1) is 19.6. The van der Waals surface area contributed by atoms with Crippen LogP contribution in [0.4, 0.5) is 10.5 Å². The molecule has 0 saturated carbocycles. The molecule has 2 aromatic rings. The number of ether oxygens (including phenoxy) is 1. The van der Waals surface area contributed by atoms with E-state index in [2.05, 4.69) is 21.2 Å². The number of fused-ring (bicyclic) bond motifs is 2. The smallest absolute Gasteiger partial charge is 0.333 e. The van der Waals surface area contributed by atoms with Gasteiger partial charge in [0.1, 0.15) is 0 Å². The number of nitrogens with one attached hydrogen (secondary N) is 2. The average molecular weight is 431 g/mol. The number of rotatable bonds is 5. The van der Waals surface area contributed by atoms with E-state index in [0.29, 0.717) is 6.54 Å². The Morgan fingerprint density at radius 2 is 1.87 bits per heavy atom. The maximum atomic E-state index is 12.7. The summed E-state index contributed by atoms with van der Waals surface area (Å²) in [6.45, 7) is 1.23. The molecule has 30 heavy (non-hydrogen) atoms. The summed E-state index contributed by atoms with van der Waals surface area (Å²) < 4.78 is 34.6. The number of anilines is 1. The van der Waals surface area contributed by atoms with Crippen molar-refractivity contribution in [3.8, 4) is 0 Å². The van der Waals surface area contributed by atoms with Gasteiger partial charge in [0, 0.05) is 18.5 Å². The highest BCUT2D eigenvalue weighted by atomic mass is 32.2. The number of carbonyl (C=O) groups is 1. The number of hydrogen-bond acceptors (Lipinski definition) is 5. The van der Waals surface area contributed by atoms with E-state index in [9.17, 15) is 13.2 Å². The summed E-state index contributed by atoms with van der Waals surface area (Å²) in [6, 6.07) is 2.94. The van der Waals surface area contributed by atoms with Crippen molar-refractivity contribution in [1.82, 2.24) is 14.5 Å². The number of aryl methyl sites for hydroxylation is 2. The van der Waals surface area contributed by atoms with Crippen molar-refractivity contribution in [2.24, 2.45) is 0 Å². The third-order valence-electron chi connectivity index (χ3n) is 6.24. The van der Waals surface area contributed by atoms with Crippen molar-refractivity contribution in [1.29, 1.82) is 0 Å². The van der Waals surface area contributed by atoms with Gasteiger partial charge in [0.2, 0.25) is 0 Å². The molecule has 2 amide bonds. The lowest BCUT2D eigenvalue weighted by molar-refractivity contribution is 0.0937. The molecule has 1 atom stereocenters. The van der Waals surface area contributed by atoms with Crippen LogP contribution in [0.25, 0.3) is 0 Å². The highest BCUT2D eigenvalue weighted by Gasteiger charge is 2.27. The van der Waals surface area contributed by atoms with E-state index in [1.165, 1.54) is 17.2 Å². The second-order valence-electron chi connectivity index (χ2n) is 8.30. The van der Waals surface area contributed by atoms with E-state index < -0.39 is 16.1 Å².